The molecule has 0 radical (unpaired) electrons. The lowest BCUT2D eigenvalue weighted by atomic mass is 9.85. The maximum Gasteiger partial charge on any atom is 0.128 e. The first-order valence-corrected chi connectivity index (χ1v) is 14.9. The van der Waals surface area contributed by atoms with Gasteiger partial charge in [-0.05, 0) is 78.7 Å². The van der Waals surface area contributed by atoms with Crippen LogP contribution in [0.5, 0.6) is 0 Å². The van der Waals surface area contributed by atoms with E-state index in [0.717, 1.165) is 0 Å². The third kappa shape index (κ3) is 4.10. The Bertz CT molecular complexity index is 2100. The number of rotatable bonds is 4. The van der Waals surface area contributed by atoms with Crippen LogP contribution in [0.3, 0.4) is 0 Å². The van der Waals surface area contributed by atoms with Crippen LogP contribution >= 0.6 is 0 Å². The summed E-state index contributed by atoms with van der Waals surface area (Å²) in [5.74, 6) is 0. The standard InChI is InChI=1S/C41H32N2/c1-42-37-25-23-32(27-38(37)43(2)41(42)30-18-10-5-11-19-30)31-22-24-35-36(26-31)40(29-16-8-4-9-17-29)34-21-13-12-20-33(34)39(35)28-14-6-3-7-15-28/h3-27,41H,1-2H3. The fourth-order valence-electron chi connectivity index (χ4n) is 7.07. The molecule has 7 aromatic carbocycles. The lowest BCUT2D eigenvalue weighted by molar-refractivity contribution is 0.694. The molecule has 1 heterocycles. The molecule has 0 bridgehead atoms. The zero-order chi connectivity index (χ0) is 28.9. The molecule has 1 aliphatic heterocycles. The second-order valence-corrected chi connectivity index (χ2v) is 11.5. The Labute approximate surface area is 253 Å². The monoisotopic (exact) mass is 552 g/mol. The number of nitrogens with zero attached hydrogens (tertiary/aromatic N) is 2. The highest BCUT2D eigenvalue weighted by Gasteiger charge is 2.32. The van der Waals surface area contributed by atoms with E-state index in [1.54, 1.807) is 0 Å². The minimum Gasteiger partial charge on any atom is -0.349 e. The maximum atomic E-state index is 2.41. The van der Waals surface area contributed by atoms with E-state index < -0.39 is 0 Å². The Balaban J connectivity index is 1.35. The van der Waals surface area contributed by atoms with E-state index in [0.29, 0.717) is 0 Å². The molecule has 1 unspecified atom stereocenters. The maximum absolute atomic E-state index is 2.41. The third-order valence-corrected chi connectivity index (χ3v) is 9.05. The van der Waals surface area contributed by atoms with E-state index in [9.17, 15) is 0 Å². The predicted octanol–water partition coefficient (Wildman–Crippen LogP) is 10.6. The van der Waals surface area contributed by atoms with Gasteiger partial charge in [0, 0.05) is 14.1 Å². The van der Waals surface area contributed by atoms with Crippen molar-refractivity contribution in [3.63, 3.8) is 0 Å². The molecule has 0 saturated carbocycles. The summed E-state index contributed by atoms with van der Waals surface area (Å²) >= 11 is 0. The summed E-state index contributed by atoms with van der Waals surface area (Å²) in [5.41, 5.74) is 11.3. The Morgan fingerprint density at radius 3 is 1.47 bits per heavy atom. The number of hydrogen-bond donors (Lipinski definition) is 0. The second kappa shape index (κ2) is 10.2. The average molecular weight is 553 g/mol. The Hall–Kier alpha value is -5.34. The first-order valence-electron chi connectivity index (χ1n) is 14.9. The molecule has 43 heavy (non-hydrogen) atoms. The molecule has 0 spiro atoms. The summed E-state index contributed by atoms with van der Waals surface area (Å²) in [4.78, 5) is 4.77. The van der Waals surface area contributed by atoms with Crippen molar-refractivity contribution in [3.8, 4) is 33.4 Å². The van der Waals surface area contributed by atoms with E-state index in [1.807, 2.05) is 0 Å². The molecule has 0 aromatic heterocycles. The fourth-order valence-corrected chi connectivity index (χ4v) is 7.07. The van der Waals surface area contributed by atoms with Crippen LogP contribution in [0.2, 0.25) is 0 Å². The quantitative estimate of drug-likeness (QED) is 0.200. The molecule has 2 heteroatoms. The molecule has 1 atom stereocenters. The number of hydrogen-bond acceptors (Lipinski definition) is 2. The summed E-state index contributed by atoms with van der Waals surface area (Å²) in [6.07, 6.45) is 0.174. The van der Waals surface area contributed by atoms with Crippen LogP contribution in [0.15, 0.2) is 152 Å². The van der Waals surface area contributed by atoms with Crippen molar-refractivity contribution in [2.45, 2.75) is 6.17 Å². The van der Waals surface area contributed by atoms with Crippen molar-refractivity contribution in [1.82, 2.24) is 0 Å². The van der Waals surface area contributed by atoms with Crippen molar-refractivity contribution in [3.05, 3.63) is 157 Å². The molecule has 0 aliphatic carbocycles. The topological polar surface area (TPSA) is 6.48 Å². The average Bonchev–Trinajstić information content (AvgIpc) is 3.32. The SMILES string of the molecule is CN1c2ccc(-c3ccc4c(-c5ccccc5)c5ccccc5c(-c5ccccc5)c4c3)cc2N(C)C1c1ccccc1. The molecule has 0 amide bonds. The van der Waals surface area contributed by atoms with Gasteiger partial charge in [0.25, 0.3) is 0 Å². The molecule has 0 N–H and O–H groups in total. The summed E-state index contributed by atoms with van der Waals surface area (Å²) < 4.78 is 0. The molecule has 7 aromatic rings. The zero-order valence-electron chi connectivity index (χ0n) is 24.4. The number of anilines is 2. The Kier molecular flexibility index (Phi) is 6.01. The Morgan fingerprint density at radius 1 is 0.372 bits per heavy atom. The predicted molar refractivity (Wildman–Crippen MR) is 184 cm³/mol. The van der Waals surface area contributed by atoms with Crippen LogP contribution in [0.4, 0.5) is 11.4 Å². The molecule has 0 saturated heterocycles. The van der Waals surface area contributed by atoms with Gasteiger partial charge in [0.05, 0.1) is 11.4 Å². The van der Waals surface area contributed by atoms with Gasteiger partial charge in [-0.3, -0.25) is 0 Å². The van der Waals surface area contributed by atoms with Gasteiger partial charge in [-0.15, -0.1) is 0 Å². The van der Waals surface area contributed by atoms with E-state index in [1.165, 1.54) is 71.9 Å². The molecule has 8 rings (SSSR count). The molecule has 1 aliphatic rings. The molecule has 2 nitrogen and oxygen atoms in total. The highest BCUT2D eigenvalue weighted by molar-refractivity contribution is 6.22. The lowest BCUT2D eigenvalue weighted by Gasteiger charge is -2.28. The van der Waals surface area contributed by atoms with Crippen LogP contribution in [-0.4, -0.2) is 14.1 Å². The van der Waals surface area contributed by atoms with E-state index in [4.69, 9.17) is 0 Å². The van der Waals surface area contributed by atoms with E-state index >= 15 is 0 Å². The number of benzene rings is 7. The van der Waals surface area contributed by atoms with Crippen molar-refractivity contribution >= 4 is 32.9 Å². The first kappa shape index (κ1) is 25.4. The largest absolute Gasteiger partial charge is 0.349 e. The summed E-state index contributed by atoms with van der Waals surface area (Å²) in [5, 5.41) is 5.10. The summed E-state index contributed by atoms with van der Waals surface area (Å²) in [6.45, 7) is 0. The van der Waals surface area contributed by atoms with Crippen molar-refractivity contribution in [2.75, 3.05) is 23.9 Å². The van der Waals surface area contributed by atoms with Crippen LogP contribution < -0.4 is 9.80 Å². The lowest BCUT2D eigenvalue weighted by Crippen LogP contribution is -2.30. The minimum atomic E-state index is 0.174. The highest BCUT2D eigenvalue weighted by Crippen LogP contribution is 2.48. The van der Waals surface area contributed by atoms with Gasteiger partial charge in [0.2, 0.25) is 0 Å². The van der Waals surface area contributed by atoms with Crippen molar-refractivity contribution in [1.29, 1.82) is 0 Å². The van der Waals surface area contributed by atoms with E-state index in [2.05, 4.69) is 176 Å². The van der Waals surface area contributed by atoms with Gasteiger partial charge in [-0.2, -0.15) is 0 Å². The molecular weight excluding hydrogens is 520 g/mol. The number of fused-ring (bicyclic) bond motifs is 3. The van der Waals surface area contributed by atoms with E-state index in [-0.39, 0.29) is 6.17 Å². The molecular formula is C41H32N2. The third-order valence-electron chi connectivity index (χ3n) is 9.05. The van der Waals surface area contributed by atoms with Gasteiger partial charge in [-0.25, -0.2) is 0 Å². The van der Waals surface area contributed by atoms with Gasteiger partial charge >= 0.3 is 0 Å². The van der Waals surface area contributed by atoms with Crippen LogP contribution in [-0.2, 0) is 0 Å². The summed E-state index contributed by atoms with van der Waals surface area (Å²) in [6, 6.07) is 55.3. The van der Waals surface area contributed by atoms with Crippen LogP contribution in [0.1, 0.15) is 11.7 Å². The minimum absolute atomic E-state index is 0.174. The first-order chi connectivity index (χ1) is 21.2. The summed E-state index contributed by atoms with van der Waals surface area (Å²) in [7, 11) is 4.40. The Morgan fingerprint density at radius 2 is 0.837 bits per heavy atom. The smallest absolute Gasteiger partial charge is 0.128 e. The molecule has 206 valence electrons. The second-order valence-electron chi connectivity index (χ2n) is 11.5. The normalized spacial score (nSPS) is 14.4. The van der Waals surface area contributed by atoms with Crippen LogP contribution in [0.25, 0.3) is 54.9 Å². The van der Waals surface area contributed by atoms with Gasteiger partial charge in [0.15, 0.2) is 0 Å². The van der Waals surface area contributed by atoms with Crippen molar-refractivity contribution in [2.24, 2.45) is 0 Å². The fraction of sp³-hybridized carbons (Fsp3) is 0.0732. The van der Waals surface area contributed by atoms with Gasteiger partial charge in [0.1, 0.15) is 6.17 Å². The zero-order valence-corrected chi connectivity index (χ0v) is 24.4. The van der Waals surface area contributed by atoms with Crippen LogP contribution in [0, 0.1) is 0 Å². The molecule has 0 fully saturated rings. The van der Waals surface area contributed by atoms with Gasteiger partial charge < -0.3 is 9.80 Å². The van der Waals surface area contributed by atoms with Crippen molar-refractivity contribution < 1.29 is 0 Å². The van der Waals surface area contributed by atoms with Gasteiger partial charge in [-0.1, -0.05) is 133 Å². The highest BCUT2D eigenvalue weighted by atomic mass is 15.4.